The fraction of sp³-hybridized carbons (Fsp3) is 0.364. The molecule has 0 unspecified atom stereocenters. The van der Waals surface area contributed by atoms with Crippen LogP contribution in [-0.4, -0.2) is 37.9 Å². The lowest BCUT2D eigenvalue weighted by Crippen LogP contribution is -2.22. The van der Waals surface area contributed by atoms with E-state index in [4.69, 9.17) is 0 Å². The predicted octanol–water partition coefficient (Wildman–Crippen LogP) is 1.82. The number of hydrogen-bond donors (Lipinski definition) is 0. The van der Waals surface area contributed by atoms with E-state index in [9.17, 15) is 13.2 Å². The lowest BCUT2D eigenvalue weighted by atomic mass is 10.1. The molecular weight excluding hydrogens is 306 g/mol. The van der Waals surface area contributed by atoms with Gasteiger partial charge in [-0.15, -0.1) is 0 Å². The number of hydrogen-bond acceptors (Lipinski definition) is 3. The second kappa shape index (κ2) is 5.29. The van der Waals surface area contributed by atoms with Gasteiger partial charge in [0.2, 0.25) is 10.0 Å². The summed E-state index contributed by atoms with van der Waals surface area (Å²) in [5, 5.41) is 0.178. The highest BCUT2D eigenvalue weighted by Crippen LogP contribution is 2.18. The number of Topliss-reactive ketones (excluding diaryl/α,β-unsaturated/α-hetero) is 1. The van der Waals surface area contributed by atoms with Crippen LogP contribution < -0.4 is 0 Å². The van der Waals surface area contributed by atoms with Crippen LogP contribution in [0.25, 0.3) is 0 Å². The molecular formula is C11H14BrNO3S. The van der Waals surface area contributed by atoms with Crippen molar-refractivity contribution in [3.05, 3.63) is 29.3 Å². The summed E-state index contributed by atoms with van der Waals surface area (Å²) in [5.74, 6) is -0.135. The zero-order chi connectivity index (χ0) is 13.2. The average molecular weight is 320 g/mol. The van der Waals surface area contributed by atoms with E-state index in [1.165, 1.54) is 20.2 Å². The largest absolute Gasteiger partial charge is 0.293 e. The minimum Gasteiger partial charge on any atom is -0.293 e. The molecule has 0 amide bonds. The molecule has 0 spiro atoms. The SMILES string of the molecule is Cc1cc(C(=O)CBr)cc(S(=O)(=O)N(C)C)c1. The molecule has 0 radical (unpaired) electrons. The van der Waals surface area contributed by atoms with Crippen molar-refractivity contribution in [1.29, 1.82) is 0 Å². The molecule has 1 aromatic carbocycles. The van der Waals surface area contributed by atoms with E-state index in [1.807, 2.05) is 0 Å². The molecule has 17 heavy (non-hydrogen) atoms. The molecule has 0 aliphatic heterocycles. The van der Waals surface area contributed by atoms with Crippen molar-refractivity contribution in [2.24, 2.45) is 0 Å². The van der Waals surface area contributed by atoms with E-state index < -0.39 is 10.0 Å². The maximum absolute atomic E-state index is 12.0. The zero-order valence-corrected chi connectivity index (χ0v) is 12.3. The van der Waals surface area contributed by atoms with Gasteiger partial charge in [-0.2, -0.15) is 0 Å². The van der Waals surface area contributed by atoms with Crippen LogP contribution >= 0.6 is 15.9 Å². The monoisotopic (exact) mass is 319 g/mol. The van der Waals surface area contributed by atoms with E-state index in [2.05, 4.69) is 15.9 Å². The van der Waals surface area contributed by atoms with Crippen LogP contribution in [0, 0.1) is 6.92 Å². The summed E-state index contributed by atoms with van der Waals surface area (Å²) in [6, 6.07) is 4.64. The maximum atomic E-state index is 12.0. The Morgan fingerprint density at radius 3 is 2.35 bits per heavy atom. The van der Waals surface area contributed by atoms with Crippen LogP contribution in [0.15, 0.2) is 23.1 Å². The van der Waals surface area contributed by atoms with Crippen molar-refractivity contribution in [2.45, 2.75) is 11.8 Å². The summed E-state index contributed by atoms with van der Waals surface area (Å²) in [6.45, 7) is 1.76. The summed E-state index contributed by atoms with van der Waals surface area (Å²) in [6.07, 6.45) is 0. The van der Waals surface area contributed by atoms with Gasteiger partial charge in [-0.3, -0.25) is 4.79 Å². The third-order valence-corrected chi connectivity index (χ3v) is 4.57. The van der Waals surface area contributed by atoms with Gasteiger partial charge in [-0.1, -0.05) is 15.9 Å². The number of sulfonamides is 1. The molecule has 0 aromatic heterocycles. The Kier molecular flexibility index (Phi) is 4.46. The Labute approximate surface area is 110 Å². The number of alkyl halides is 1. The first kappa shape index (κ1) is 14.3. The number of aryl methyl sites for hydroxylation is 1. The van der Waals surface area contributed by atoms with E-state index in [0.29, 0.717) is 5.56 Å². The molecule has 0 fully saturated rings. The molecule has 0 atom stereocenters. The Bertz CT molecular complexity index is 538. The topological polar surface area (TPSA) is 54.5 Å². The van der Waals surface area contributed by atoms with Crippen molar-refractivity contribution in [2.75, 3.05) is 19.4 Å². The molecule has 4 nitrogen and oxygen atoms in total. The summed E-state index contributed by atoms with van der Waals surface area (Å²) >= 11 is 3.07. The van der Waals surface area contributed by atoms with Crippen LogP contribution in [0.5, 0.6) is 0 Å². The van der Waals surface area contributed by atoms with Crippen LogP contribution in [0.3, 0.4) is 0 Å². The first-order valence-electron chi connectivity index (χ1n) is 4.92. The smallest absolute Gasteiger partial charge is 0.242 e. The average Bonchev–Trinajstić information content (AvgIpc) is 2.26. The van der Waals surface area contributed by atoms with E-state index in [1.54, 1.807) is 19.1 Å². The number of rotatable bonds is 4. The highest BCUT2D eigenvalue weighted by atomic mass is 79.9. The lowest BCUT2D eigenvalue weighted by Gasteiger charge is -2.12. The van der Waals surface area contributed by atoms with Crippen molar-refractivity contribution in [1.82, 2.24) is 4.31 Å². The van der Waals surface area contributed by atoms with Gasteiger partial charge in [0.25, 0.3) is 0 Å². The molecule has 0 bridgehead atoms. The van der Waals surface area contributed by atoms with E-state index in [-0.39, 0.29) is 16.0 Å². The third-order valence-electron chi connectivity index (χ3n) is 2.27. The molecule has 0 aliphatic carbocycles. The zero-order valence-electron chi connectivity index (χ0n) is 9.90. The number of carbonyl (C=O) groups excluding carboxylic acids is 1. The molecule has 0 aliphatic rings. The minimum atomic E-state index is -3.50. The van der Waals surface area contributed by atoms with Crippen LogP contribution in [0.1, 0.15) is 15.9 Å². The summed E-state index contributed by atoms with van der Waals surface area (Å²) in [4.78, 5) is 11.7. The second-order valence-electron chi connectivity index (χ2n) is 3.88. The number of nitrogens with zero attached hydrogens (tertiary/aromatic N) is 1. The van der Waals surface area contributed by atoms with Gasteiger partial charge in [0.05, 0.1) is 10.2 Å². The number of benzene rings is 1. The Morgan fingerprint density at radius 1 is 1.29 bits per heavy atom. The van der Waals surface area contributed by atoms with Gasteiger partial charge >= 0.3 is 0 Å². The van der Waals surface area contributed by atoms with Gasteiger partial charge in [-0.25, -0.2) is 12.7 Å². The van der Waals surface area contributed by atoms with Crippen molar-refractivity contribution in [3.63, 3.8) is 0 Å². The molecule has 1 rings (SSSR count). The quantitative estimate of drug-likeness (QED) is 0.628. The molecule has 1 aromatic rings. The van der Waals surface area contributed by atoms with Gasteiger partial charge in [0, 0.05) is 19.7 Å². The first-order chi connectivity index (χ1) is 7.78. The second-order valence-corrected chi connectivity index (χ2v) is 6.59. The Hall–Kier alpha value is -0.720. The maximum Gasteiger partial charge on any atom is 0.242 e. The fourth-order valence-electron chi connectivity index (χ4n) is 1.35. The molecule has 0 saturated heterocycles. The van der Waals surface area contributed by atoms with Gasteiger partial charge in [0.1, 0.15) is 0 Å². The van der Waals surface area contributed by atoms with Gasteiger partial charge in [-0.05, 0) is 30.7 Å². The van der Waals surface area contributed by atoms with E-state index >= 15 is 0 Å². The van der Waals surface area contributed by atoms with Gasteiger partial charge in [0.15, 0.2) is 5.78 Å². The number of carbonyl (C=O) groups is 1. The highest BCUT2D eigenvalue weighted by Gasteiger charge is 2.19. The van der Waals surface area contributed by atoms with Crippen LogP contribution in [-0.2, 0) is 10.0 Å². The van der Waals surface area contributed by atoms with Crippen molar-refractivity contribution in [3.8, 4) is 0 Å². The summed E-state index contributed by atoms with van der Waals surface area (Å²) < 4.78 is 25.0. The molecule has 0 heterocycles. The fourth-order valence-corrected chi connectivity index (χ4v) is 2.70. The number of halogens is 1. The standard InChI is InChI=1S/C11H14BrNO3S/c1-8-4-9(11(14)7-12)6-10(5-8)17(15,16)13(2)3/h4-6H,7H2,1-3H3. The molecule has 0 saturated carbocycles. The summed E-state index contributed by atoms with van der Waals surface area (Å²) in [5.41, 5.74) is 1.15. The minimum absolute atomic E-state index is 0.135. The third kappa shape index (κ3) is 3.14. The Balaban J connectivity index is 3.38. The number of ketones is 1. The van der Waals surface area contributed by atoms with Crippen LogP contribution in [0.4, 0.5) is 0 Å². The van der Waals surface area contributed by atoms with Crippen molar-refractivity contribution < 1.29 is 13.2 Å². The highest BCUT2D eigenvalue weighted by molar-refractivity contribution is 9.09. The Morgan fingerprint density at radius 2 is 1.88 bits per heavy atom. The van der Waals surface area contributed by atoms with Gasteiger partial charge < -0.3 is 0 Å². The molecule has 0 N–H and O–H groups in total. The van der Waals surface area contributed by atoms with E-state index in [0.717, 1.165) is 9.87 Å². The normalized spacial score (nSPS) is 11.8. The first-order valence-corrected chi connectivity index (χ1v) is 7.48. The molecule has 6 heteroatoms. The summed E-state index contributed by atoms with van der Waals surface area (Å²) in [7, 11) is -0.574. The van der Waals surface area contributed by atoms with Crippen molar-refractivity contribution >= 4 is 31.7 Å². The molecule has 94 valence electrons. The lowest BCUT2D eigenvalue weighted by molar-refractivity contribution is 0.102. The predicted molar refractivity (Wildman–Crippen MR) is 70.2 cm³/mol. The van der Waals surface area contributed by atoms with Crippen LogP contribution in [0.2, 0.25) is 0 Å².